The van der Waals surface area contributed by atoms with Gasteiger partial charge in [-0.1, -0.05) is 0 Å². The van der Waals surface area contributed by atoms with E-state index in [-0.39, 0.29) is 0 Å². The predicted octanol–water partition coefficient (Wildman–Crippen LogP) is 3.11. The fourth-order valence-corrected chi connectivity index (χ4v) is 2.84. The lowest BCUT2D eigenvalue weighted by Crippen LogP contribution is -2.31. The van der Waals surface area contributed by atoms with E-state index >= 15 is 0 Å². The molecule has 2 N–H and O–H groups in total. The second-order valence-corrected chi connectivity index (χ2v) is 5.56. The highest BCUT2D eigenvalue weighted by molar-refractivity contribution is 14.1. The monoisotopic (exact) mass is 316 g/mol. The van der Waals surface area contributed by atoms with Crippen LogP contribution in [0.25, 0.3) is 0 Å². The molecule has 0 aromatic heterocycles. The fourth-order valence-electron chi connectivity index (χ4n) is 1.92. The molecule has 1 atom stereocenters. The molecule has 0 heterocycles. The van der Waals surface area contributed by atoms with Gasteiger partial charge in [0.05, 0.1) is 5.69 Å². The zero-order valence-corrected chi connectivity index (χ0v) is 11.4. The molecule has 82 valence electrons. The maximum absolute atomic E-state index is 5.75. The number of hydrogen-bond donors (Lipinski definition) is 1. The fraction of sp³-hybridized carbons (Fsp3) is 0.500. The van der Waals surface area contributed by atoms with Crippen molar-refractivity contribution >= 4 is 34.0 Å². The van der Waals surface area contributed by atoms with Crippen molar-refractivity contribution in [2.45, 2.75) is 25.8 Å². The normalized spacial score (nSPS) is 17.5. The van der Waals surface area contributed by atoms with Crippen molar-refractivity contribution in [3.05, 3.63) is 21.8 Å². The summed E-state index contributed by atoms with van der Waals surface area (Å²) >= 11 is 2.36. The number of rotatable bonds is 3. The van der Waals surface area contributed by atoms with Gasteiger partial charge in [-0.2, -0.15) is 0 Å². The van der Waals surface area contributed by atoms with Crippen LogP contribution in [-0.2, 0) is 0 Å². The van der Waals surface area contributed by atoms with Crippen molar-refractivity contribution in [2.24, 2.45) is 5.92 Å². The van der Waals surface area contributed by atoms with Gasteiger partial charge in [0.25, 0.3) is 0 Å². The van der Waals surface area contributed by atoms with Crippen LogP contribution in [0.3, 0.4) is 0 Å². The van der Waals surface area contributed by atoms with E-state index < -0.39 is 0 Å². The van der Waals surface area contributed by atoms with Gasteiger partial charge >= 0.3 is 0 Å². The molecule has 0 radical (unpaired) electrons. The number of halogens is 1. The second-order valence-electron chi connectivity index (χ2n) is 4.40. The highest BCUT2D eigenvalue weighted by Crippen LogP contribution is 2.37. The summed E-state index contributed by atoms with van der Waals surface area (Å²) in [6.45, 7) is 2.31. The molecule has 15 heavy (non-hydrogen) atoms. The molecule has 2 rings (SSSR count). The van der Waals surface area contributed by atoms with Gasteiger partial charge in [-0.15, -0.1) is 0 Å². The predicted molar refractivity (Wildman–Crippen MR) is 74.2 cm³/mol. The zero-order chi connectivity index (χ0) is 11.0. The van der Waals surface area contributed by atoms with Crippen molar-refractivity contribution in [3.63, 3.8) is 0 Å². The van der Waals surface area contributed by atoms with E-state index in [1.807, 2.05) is 12.1 Å². The number of nitrogens with two attached hydrogens (primary N) is 1. The molecular formula is C12H17IN2. The summed E-state index contributed by atoms with van der Waals surface area (Å²) in [4.78, 5) is 2.37. The standard InChI is InChI=1S/C12H17IN2/c1-8(9-3-4-9)15(2)12-6-5-10(14)7-11(12)13/h5-9H,3-4,14H2,1-2H3. The molecule has 1 saturated carbocycles. The number of anilines is 2. The van der Waals surface area contributed by atoms with Crippen LogP contribution < -0.4 is 10.6 Å². The third kappa shape index (κ3) is 2.38. The van der Waals surface area contributed by atoms with Crippen LogP contribution in [0.1, 0.15) is 19.8 Å². The lowest BCUT2D eigenvalue weighted by molar-refractivity contribution is 0.608. The molecule has 0 spiro atoms. The van der Waals surface area contributed by atoms with Crippen LogP contribution in [0.2, 0.25) is 0 Å². The van der Waals surface area contributed by atoms with Gasteiger partial charge in [-0.25, -0.2) is 0 Å². The maximum atomic E-state index is 5.75. The summed E-state index contributed by atoms with van der Waals surface area (Å²) < 4.78 is 1.24. The van der Waals surface area contributed by atoms with Gasteiger partial charge in [0.1, 0.15) is 0 Å². The quantitative estimate of drug-likeness (QED) is 0.686. The molecule has 0 saturated heterocycles. The molecule has 1 aromatic rings. The SMILES string of the molecule is CC(C1CC1)N(C)c1ccc(N)cc1I. The highest BCUT2D eigenvalue weighted by Gasteiger charge is 2.31. The molecule has 1 aromatic carbocycles. The summed E-state index contributed by atoms with van der Waals surface area (Å²) in [6, 6.07) is 6.78. The van der Waals surface area contributed by atoms with Crippen LogP contribution in [0, 0.1) is 9.49 Å². The Morgan fingerprint density at radius 2 is 2.13 bits per heavy atom. The van der Waals surface area contributed by atoms with E-state index in [1.54, 1.807) is 0 Å². The molecule has 1 unspecified atom stereocenters. The Morgan fingerprint density at radius 3 is 2.67 bits per heavy atom. The third-order valence-electron chi connectivity index (χ3n) is 3.27. The van der Waals surface area contributed by atoms with Gasteiger partial charge in [0.2, 0.25) is 0 Å². The number of benzene rings is 1. The van der Waals surface area contributed by atoms with Crippen LogP contribution >= 0.6 is 22.6 Å². The molecular weight excluding hydrogens is 299 g/mol. The van der Waals surface area contributed by atoms with E-state index in [4.69, 9.17) is 5.73 Å². The third-order valence-corrected chi connectivity index (χ3v) is 4.13. The minimum absolute atomic E-state index is 0.641. The van der Waals surface area contributed by atoms with E-state index in [0.29, 0.717) is 6.04 Å². The summed E-state index contributed by atoms with van der Waals surface area (Å²) in [5.74, 6) is 0.892. The van der Waals surface area contributed by atoms with Crippen molar-refractivity contribution in [1.29, 1.82) is 0 Å². The molecule has 1 aliphatic rings. The van der Waals surface area contributed by atoms with Crippen molar-refractivity contribution in [1.82, 2.24) is 0 Å². The Kier molecular flexibility index (Phi) is 3.09. The van der Waals surface area contributed by atoms with Gasteiger partial charge in [-0.05, 0) is 66.5 Å². The zero-order valence-electron chi connectivity index (χ0n) is 9.20. The Hall–Kier alpha value is -0.450. The number of nitrogen functional groups attached to an aromatic ring is 1. The van der Waals surface area contributed by atoms with Gasteiger partial charge in [0, 0.05) is 22.3 Å². The smallest absolute Gasteiger partial charge is 0.0503 e. The minimum atomic E-state index is 0.641. The van der Waals surface area contributed by atoms with Crippen molar-refractivity contribution in [3.8, 4) is 0 Å². The average Bonchev–Trinajstić information content (AvgIpc) is 2.99. The number of nitrogens with zero attached hydrogens (tertiary/aromatic N) is 1. The topological polar surface area (TPSA) is 29.3 Å². The molecule has 1 aliphatic carbocycles. The summed E-state index contributed by atoms with van der Waals surface area (Å²) in [5, 5.41) is 0. The van der Waals surface area contributed by atoms with Crippen molar-refractivity contribution in [2.75, 3.05) is 17.7 Å². The first-order chi connectivity index (χ1) is 7.09. The first-order valence-corrected chi connectivity index (χ1v) is 6.45. The van der Waals surface area contributed by atoms with Crippen LogP contribution in [0.5, 0.6) is 0 Å². The summed E-state index contributed by atoms with van der Waals surface area (Å²) in [6.07, 6.45) is 2.77. The summed E-state index contributed by atoms with van der Waals surface area (Å²) in [5.41, 5.74) is 7.89. The average molecular weight is 316 g/mol. The molecule has 3 heteroatoms. The van der Waals surface area contributed by atoms with Crippen LogP contribution in [0.15, 0.2) is 18.2 Å². The molecule has 2 nitrogen and oxygen atoms in total. The van der Waals surface area contributed by atoms with Gasteiger partial charge in [-0.3, -0.25) is 0 Å². The Bertz CT molecular complexity index is 361. The van der Waals surface area contributed by atoms with E-state index in [2.05, 4.69) is 47.5 Å². The highest BCUT2D eigenvalue weighted by atomic mass is 127. The summed E-state index contributed by atoms with van der Waals surface area (Å²) in [7, 11) is 2.18. The Morgan fingerprint density at radius 1 is 1.47 bits per heavy atom. The number of hydrogen-bond acceptors (Lipinski definition) is 2. The molecule has 1 fully saturated rings. The Balaban J connectivity index is 2.20. The van der Waals surface area contributed by atoms with E-state index in [0.717, 1.165) is 11.6 Å². The lowest BCUT2D eigenvalue weighted by atomic mass is 10.1. The maximum Gasteiger partial charge on any atom is 0.0503 e. The van der Waals surface area contributed by atoms with Crippen LogP contribution in [0.4, 0.5) is 11.4 Å². The second kappa shape index (κ2) is 4.20. The van der Waals surface area contributed by atoms with E-state index in [1.165, 1.54) is 22.1 Å². The van der Waals surface area contributed by atoms with Crippen LogP contribution in [-0.4, -0.2) is 13.1 Å². The lowest BCUT2D eigenvalue weighted by Gasteiger charge is -2.28. The largest absolute Gasteiger partial charge is 0.399 e. The Labute approximate surface area is 105 Å². The molecule has 0 aliphatic heterocycles. The van der Waals surface area contributed by atoms with Gasteiger partial charge in [0.15, 0.2) is 0 Å². The first-order valence-electron chi connectivity index (χ1n) is 5.37. The minimum Gasteiger partial charge on any atom is -0.399 e. The molecule has 0 bridgehead atoms. The van der Waals surface area contributed by atoms with Gasteiger partial charge < -0.3 is 10.6 Å². The molecule has 0 amide bonds. The van der Waals surface area contributed by atoms with E-state index in [9.17, 15) is 0 Å². The first kappa shape index (κ1) is 11.0. The van der Waals surface area contributed by atoms with Crippen molar-refractivity contribution < 1.29 is 0 Å².